The van der Waals surface area contributed by atoms with E-state index >= 15 is 0 Å². The predicted molar refractivity (Wildman–Crippen MR) is 270 cm³/mol. The lowest BCUT2D eigenvalue weighted by Gasteiger charge is -2.24. The third-order valence-electron chi connectivity index (χ3n) is 12.9. The lowest BCUT2D eigenvalue weighted by molar-refractivity contribution is 1.05. The number of nitrogens with zero attached hydrogens (tertiary/aromatic N) is 10. The fourth-order valence-electron chi connectivity index (χ4n) is 9.86. The van der Waals surface area contributed by atoms with Gasteiger partial charge < -0.3 is 4.40 Å². The van der Waals surface area contributed by atoms with Gasteiger partial charge in [-0.1, -0.05) is 109 Å². The second-order valence-electron chi connectivity index (χ2n) is 16.8. The van der Waals surface area contributed by atoms with E-state index in [-0.39, 0.29) is 0 Å². The van der Waals surface area contributed by atoms with Crippen LogP contribution >= 0.6 is 0 Å². The molecule has 68 heavy (non-hydrogen) atoms. The average Bonchev–Trinajstić information content (AvgIpc) is 4.04. The average molecular weight is 872 g/mol. The Hall–Kier alpha value is -9.61. The van der Waals surface area contributed by atoms with Gasteiger partial charge in [-0.3, -0.25) is 15.1 Å². The van der Waals surface area contributed by atoms with E-state index in [9.17, 15) is 0 Å². The van der Waals surface area contributed by atoms with Crippen LogP contribution < -0.4 is 0 Å². The van der Waals surface area contributed by atoms with Gasteiger partial charge in [0.15, 0.2) is 5.82 Å². The number of para-hydroxylation sites is 4. The summed E-state index contributed by atoms with van der Waals surface area (Å²) >= 11 is 0. The van der Waals surface area contributed by atoms with Crippen molar-refractivity contribution in [2.24, 2.45) is 0 Å². The minimum absolute atomic E-state index is 0.372. The van der Waals surface area contributed by atoms with E-state index in [1.807, 2.05) is 85.1 Å². The van der Waals surface area contributed by atoms with Crippen molar-refractivity contribution in [1.29, 1.82) is 0 Å². The van der Waals surface area contributed by atoms with Crippen molar-refractivity contribution in [2.45, 2.75) is 0 Å². The first-order valence-electron chi connectivity index (χ1n) is 22.3. The maximum atomic E-state index is 5.72. The van der Waals surface area contributed by atoms with Crippen LogP contribution in [0.2, 0.25) is 0 Å². The Labute approximate surface area is 386 Å². The number of aromatic nitrogens is 11. The highest BCUT2D eigenvalue weighted by molar-refractivity contribution is 6.24. The molecule has 0 unspecified atom stereocenters. The Morgan fingerprint density at radius 3 is 2.04 bits per heavy atom. The fraction of sp³-hybridized carbons (Fsp3) is 0. The molecule has 0 aliphatic rings. The molecule has 0 saturated carbocycles. The summed E-state index contributed by atoms with van der Waals surface area (Å²) in [7, 11) is 0. The number of hydrogen-bond acceptors (Lipinski definition) is 9. The third-order valence-corrected chi connectivity index (χ3v) is 12.9. The van der Waals surface area contributed by atoms with E-state index in [2.05, 4.69) is 112 Å². The Balaban J connectivity index is 1.30. The highest BCUT2D eigenvalue weighted by Gasteiger charge is 2.33. The number of nitrogens with one attached hydrogen (secondary N) is 1. The van der Waals surface area contributed by atoms with Gasteiger partial charge in [-0.25, -0.2) is 19.9 Å². The molecule has 0 amide bonds. The Kier molecular flexibility index (Phi) is 8.31. The van der Waals surface area contributed by atoms with Crippen LogP contribution in [-0.4, -0.2) is 54.7 Å². The zero-order valence-electron chi connectivity index (χ0n) is 35.9. The maximum Gasteiger partial charge on any atom is 0.181 e. The van der Waals surface area contributed by atoms with Gasteiger partial charge in [0.2, 0.25) is 0 Å². The van der Waals surface area contributed by atoms with Crippen LogP contribution in [0, 0.1) is 0 Å². The molecule has 6 aromatic carbocycles. The van der Waals surface area contributed by atoms with Crippen LogP contribution in [-0.2, 0) is 0 Å². The molecule has 0 atom stereocenters. The van der Waals surface area contributed by atoms with Gasteiger partial charge in [-0.2, -0.15) is 10.2 Å². The lowest BCUT2D eigenvalue weighted by Crippen LogP contribution is -2.06. The summed E-state index contributed by atoms with van der Waals surface area (Å²) in [5, 5.41) is 24.7. The summed E-state index contributed by atoms with van der Waals surface area (Å²) in [5.41, 5.74) is 12.8. The van der Waals surface area contributed by atoms with Crippen LogP contribution in [0.25, 0.3) is 139 Å². The van der Waals surface area contributed by atoms with Gasteiger partial charge in [0, 0.05) is 78.7 Å². The lowest BCUT2D eigenvalue weighted by atomic mass is 9.81. The molecule has 0 aliphatic carbocycles. The van der Waals surface area contributed by atoms with Crippen LogP contribution in [0.1, 0.15) is 0 Å². The number of pyridine rings is 3. The van der Waals surface area contributed by atoms with Gasteiger partial charge in [0.25, 0.3) is 0 Å². The van der Waals surface area contributed by atoms with Crippen LogP contribution in [0.5, 0.6) is 0 Å². The summed E-state index contributed by atoms with van der Waals surface area (Å²) in [5.74, 6) is 0.372. The Morgan fingerprint density at radius 1 is 0.426 bits per heavy atom. The molecule has 0 radical (unpaired) electrons. The predicted octanol–water partition coefficient (Wildman–Crippen LogP) is 12.7. The van der Waals surface area contributed by atoms with Crippen LogP contribution in [0.15, 0.2) is 195 Å². The SMILES string of the molecule is c1ccc2nc(-c3c(-c4nccc5ccccc45)c(-c4n[nH]c5ccccc45)c(-c4ccn5ccccc45)c4nc(-c5cnc6ccccc6n5)nc(-c5nncc6ccccc56)c34)ccc2c1. The molecule has 8 aromatic heterocycles. The summed E-state index contributed by atoms with van der Waals surface area (Å²) < 4.78 is 2.14. The monoisotopic (exact) mass is 871 g/mol. The van der Waals surface area contributed by atoms with E-state index < -0.39 is 0 Å². The number of benzene rings is 6. The van der Waals surface area contributed by atoms with Crippen molar-refractivity contribution in [2.75, 3.05) is 0 Å². The molecule has 1 N–H and O–H groups in total. The third kappa shape index (κ3) is 5.82. The van der Waals surface area contributed by atoms with Gasteiger partial charge in [-0.15, -0.1) is 5.10 Å². The highest BCUT2D eigenvalue weighted by atomic mass is 15.1. The quantitative estimate of drug-likeness (QED) is 0.173. The molecule has 0 fully saturated rings. The van der Waals surface area contributed by atoms with Gasteiger partial charge in [0.1, 0.15) is 22.8 Å². The highest BCUT2D eigenvalue weighted by Crippen LogP contribution is 2.54. The first-order chi connectivity index (χ1) is 33.7. The molecule has 14 rings (SSSR count). The smallest absolute Gasteiger partial charge is 0.181 e. The second-order valence-corrected chi connectivity index (χ2v) is 16.8. The zero-order valence-corrected chi connectivity index (χ0v) is 35.9. The number of aromatic amines is 1. The van der Waals surface area contributed by atoms with Crippen molar-refractivity contribution >= 4 is 70.8 Å². The minimum atomic E-state index is 0.372. The van der Waals surface area contributed by atoms with Gasteiger partial charge >= 0.3 is 0 Å². The van der Waals surface area contributed by atoms with Crippen LogP contribution in [0.4, 0.5) is 0 Å². The first-order valence-corrected chi connectivity index (χ1v) is 22.3. The Bertz CT molecular complexity index is 4350. The topological polar surface area (TPSA) is 136 Å². The molecular weight excluding hydrogens is 839 g/mol. The van der Waals surface area contributed by atoms with Crippen molar-refractivity contribution in [3.05, 3.63) is 195 Å². The van der Waals surface area contributed by atoms with E-state index in [1.54, 1.807) is 12.4 Å². The van der Waals surface area contributed by atoms with Gasteiger partial charge in [-0.05, 0) is 60.0 Å². The molecule has 11 nitrogen and oxygen atoms in total. The minimum Gasteiger partial charge on any atom is -0.323 e. The van der Waals surface area contributed by atoms with E-state index in [1.165, 1.54) is 0 Å². The zero-order chi connectivity index (χ0) is 44.7. The first kappa shape index (κ1) is 37.7. The van der Waals surface area contributed by atoms with Crippen molar-refractivity contribution < 1.29 is 0 Å². The van der Waals surface area contributed by atoms with E-state index in [4.69, 9.17) is 40.1 Å². The van der Waals surface area contributed by atoms with E-state index in [0.717, 1.165) is 104 Å². The standard InChI is InChI=1S/C57H33N11/c1-4-16-36-33(13-1)26-28-58-52(36)50-48(44-25-24-34-14-3-7-19-40(34)61-44)51-55(47(39-27-30-68-29-12-11-23-46(39)68)49(50)53-38-18-6-8-20-41(38)65-67-53)63-57(45-32-59-42-21-9-10-22-43(42)62-45)64-56(51)54-37-17-5-2-15-35(37)31-60-66-54/h1-32H,(H,65,67). The molecule has 316 valence electrons. The molecular formula is C57H33N11. The fourth-order valence-corrected chi connectivity index (χ4v) is 9.86. The number of rotatable bonds is 6. The molecule has 14 aromatic rings. The van der Waals surface area contributed by atoms with Crippen molar-refractivity contribution in [3.63, 3.8) is 0 Å². The molecule has 0 aliphatic heterocycles. The van der Waals surface area contributed by atoms with Gasteiger partial charge in [0.05, 0.1) is 56.9 Å². The summed E-state index contributed by atoms with van der Waals surface area (Å²) in [6, 6.07) is 55.4. The van der Waals surface area contributed by atoms with E-state index in [0.29, 0.717) is 34.1 Å². The number of hydrogen-bond donors (Lipinski definition) is 1. The summed E-state index contributed by atoms with van der Waals surface area (Å²) in [4.78, 5) is 32.2. The molecule has 0 spiro atoms. The molecule has 0 bridgehead atoms. The van der Waals surface area contributed by atoms with Crippen LogP contribution in [0.3, 0.4) is 0 Å². The summed E-state index contributed by atoms with van der Waals surface area (Å²) in [6.45, 7) is 0. The number of fused-ring (bicyclic) bond motifs is 7. The Morgan fingerprint density at radius 2 is 1.15 bits per heavy atom. The summed E-state index contributed by atoms with van der Waals surface area (Å²) in [6.07, 6.45) is 9.57. The largest absolute Gasteiger partial charge is 0.323 e. The maximum absolute atomic E-state index is 5.72. The molecule has 8 heterocycles. The second kappa shape index (κ2) is 15.0. The number of H-pyrrole nitrogens is 1. The van der Waals surface area contributed by atoms with Crippen molar-refractivity contribution in [3.8, 4) is 67.8 Å². The normalized spacial score (nSPS) is 11.8. The van der Waals surface area contributed by atoms with Crippen molar-refractivity contribution in [1.82, 2.24) is 54.7 Å². The molecule has 0 saturated heterocycles. The molecule has 11 heteroatoms.